The third kappa shape index (κ3) is 10.4. The van der Waals surface area contributed by atoms with Crippen molar-refractivity contribution < 1.29 is 23.8 Å². The van der Waals surface area contributed by atoms with Gasteiger partial charge in [0.25, 0.3) is 5.91 Å². The number of para-hydroxylation sites is 1. The van der Waals surface area contributed by atoms with Crippen molar-refractivity contribution in [1.29, 1.82) is 0 Å². The van der Waals surface area contributed by atoms with Crippen LogP contribution in [0.15, 0.2) is 66.7 Å². The van der Waals surface area contributed by atoms with Gasteiger partial charge in [-0.2, -0.15) is 0 Å². The highest BCUT2D eigenvalue weighted by Crippen LogP contribution is 2.45. The summed E-state index contributed by atoms with van der Waals surface area (Å²) in [5, 5.41) is 10.5. The molecule has 3 aromatic carbocycles. The number of ether oxygens (including phenoxy) is 3. The average molecular weight is 705 g/mol. The molecule has 270 valence electrons. The summed E-state index contributed by atoms with van der Waals surface area (Å²) in [6.45, 7) is 10.7. The van der Waals surface area contributed by atoms with Crippen molar-refractivity contribution in [2.45, 2.75) is 77.5 Å². The van der Waals surface area contributed by atoms with Crippen LogP contribution in [0.5, 0.6) is 11.5 Å². The summed E-state index contributed by atoms with van der Waals surface area (Å²) in [5.41, 5.74) is 3.25. The highest BCUT2D eigenvalue weighted by molar-refractivity contribution is 6.30. The number of methoxy groups -OCH3 is 1. The van der Waals surface area contributed by atoms with Crippen LogP contribution >= 0.6 is 11.6 Å². The summed E-state index contributed by atoms with van der Waals surface area (Å²) >= 11 is 6.60. The van der Waals surface area contributed by atoms with Crippen molar-refractivity contribution in [3.63, 3.8) is 0 Å². The number of hydrogen-bond acceptors (Lipinski definition) is 7. The van der Waals surface area contributed by atoms with Crippen LogP contribution < -0.4 is 30.3 Å². The molecule has 0 radical (unpaired) electrons. The van der Waals surface area contributed by atoms with E-state index in [1.165, 1.54) is 5.56 Å². The summed E-state index contributed by atoms with van der Waals surface area (Å²) in [4.78, 5) is 29.5. The van der Waals surface area contributed by atoms with E-state index in [0.29, 0.717) is 40.9 Å². The Morgan fingerprint density at radius 1 is 1.00 bits per heavy atom. The van der Waals surface area contributed by atoms with Crippen LogP contribution in [0.4, 0.5) is 5.69 Å². The van der Waals surface area contributed by atoms with E-state index >= 15 is 0 Å². The van der Waals surface area contributed by atoms with Crippen LogP contribution in [-0.4, -0.2) is 70.4 Å². The maximum absolute atomic E-state index is 14.4. The van der Waals surface area contributed by atoms with Crippen LogP contribution in [0.1, 0.15) is 75.7 Å². The number of rotatable bonds is 15. The molecule has 0 aromatic heterocycles. The number of piperidine rings is 1. The number of anilines is 1. The van der Waals surface area contributed by atoms with Gasteiger partial charge >= 0.3 is 0 Å². The lowest BCUT2D eigenvalue weighted by atomic mass is 9.94. The van der Waals surface area contributed by atoms with E-state index in [-0.39, 0.29) is 29.7 Å². The minimum absolute atomic E-state index is 0.0699. The maximum atomic E-state index is 14.4. The molecule has 5 rings (SSSR count). The first-order chi connectivity index (χ1) is 24.1. The average Bonchev–Trinajstić information content (AvgIpc) is 3.19. The zero-order chi connectivity index (χ0) is 35.5. The van der Waals surface area contributed by atoms with Gasteiger partial charge < -0.3 is 35.1 Å². The molecule has 9 nitrogen and oxygen atoms in total. The number of benzene rings is 3. The second kappa shape index (κ2) is 18.0. The number of nitrogens with one attached hydrogen (secondary N) is 3. The lowest BCUT2D eigenvalue weighted by Gasteiger charge is -2.31. The Labute approximate surface area is 302 Å². The van der Waals surface area contributed by atoms with E-state index < -0.39 is 12.2 Å². The van der Waals surface area contributed by atoms with Crippen molar-refractivity contribution in [3.8, 4) is 11.5 Å². The standard InChI is InChI=1S/C40H53ClN4O5/c1-40(2,3)27-45-33-17-16-29(41)25-32(33)37(50-35(39(45)47)26-36(46)44-30-18-22-43-23-19-30)31-14-8-15-34(38(31)48-4)49-24-10-21-42-20-9-13-28-11-6-5-7-12-28/h5-8,11-12,14-17,25,30,35,37,42-43H,9-10,13,18-24,26-27H2,1-4H3,(H,44,46). The van der Waals surface area contributed by atoms with Crippen LogP contribution in [-0.2, 0) is 20.7 Å². The van der Waals surface area contributed by atoms with Crippen LogP contribution in [0.2, 0.25) is 5.02 Å². The molecule has 2 aliphatic rings. The number of fused-ring (bicyclic) bond motifs is 1. The normalized spacial score (nSPS) is 18.3. The summed E-state index contributed by atoms with van der Waals surface area (Å²) in [7, 11) is 1.61. The predicted octanol–water partition coefficient (Wildman–Crippen LogP) is 6.47. The van der Waals surface area contributed by atoms with Gasteiger partial charge in [0.2, 0.25) is 5.91 Å². The lowest BCUT2D eigenvalue weighted by Crippen LogP contribution is -2.47. The van der Waals surface area contributed by atoms with Crippen molar-refractivity contribution >= 4 is 29.1 Å². The van der Waals surface area contributed by atoms with Crippen molar-refractivity contribution in [1.82, 2.24) is 16.0 Å². The third-order valence-corrected chi connectivity index (χ3v) is 9.26. The van der Waals surface area contributed by atoms with Crippen LogP contribution in [0.25, 0.3) is 0 Å². The maximum Gasteiger partial charge on any atom is 0.256 e. The second-order valence-electron chi connectivity index (χ2n) is 14.4. The topological polar surface area (TPSA) is 101 Å². The SMILES string of the molecule is COc1c(OCCCNCCCc2ccccc2)cccc1C1OC(CC(=O)NC2CCNCC2)C(=O)N(CC(C)(C)C)c2ccc(Cl)cc21. The highest BCUT2D eigenvalue weighted by Gasteiger charge is 2.40. The molecule has 0 bridgehead atoms. The predicted molar refractivity (Wildman–Crippen MR) is 199 cm³/mol. The number of carbonyl (C=O) groups excluding carboxylic acids is 2. The van der Waals surface area contributed by atoms with E-state index in [1.54, 1.807) is 18.1 Å². The number of aryl methyl sites for hydroxylation is 1. The molecule has 2 atom stereocenters. The summed E-state index contributed by atoms with van der Waals surface area (Å²) in [5.74, 6) is 0.651. The number of hydrogen-bond donors (Lipinski definition) is 3. The Morgan fingerprint density at radius 2 is 1.76 bits per heavy atom. The van der Waals surface area contributed by atoms with E-state index in [0.717, 1.165) is 63.8 Å². The molecule has 2 amide bonds. The molecule has 1 fully saturated rings. The van der Waals surface area contributed by atoms with Gasteiger partial charge in [0, 0.05) is 34.4 Å². The number of carbonyl (C=O) groups is 2. The Morgan fingerprint density at radius 3 is 2.50 bits per heavy atom. The Kier molecular flexibility index (Phi) is 13.6. The number of nitrogens with zero attached hydrogens (tertiary/aromatic N) is 1. The Bertz CT molecular complexity index is 1560. The van der Waals surface area contributed by atoms with Gasteiger partial charge in [-0.3, -0.25) is 9.59 Å². The van der Waals surface area contributed by atoms with Crippen molar-refractivity contribution in [2.24, 2.45) is 5.41 Å². The molecule has 0 spiro atoms. The van der Waals surface area contributed by atoms with Gasteiger partial charge in [-0.05, 0) is 93.5 Å². The fourth-order valence-corrected chi connectivity index (χ4v) is 6.82. The number of halogens is 1. The fraction of sp³-hybridized carbons (Fsp3) is 0.500. The van der Waals surface area contributed by atoms with E-state index in [2.05, 4.69) is 61.0 Å². The molecular formula is C40H53ClN4O5. The quantitative estimate of drug-likeness (QED) is 0.156. The van der Waals surface area contributed by atoms with E-state index in [4.69, 9.17) is 25.8 Å². The van der Waals surface area contributed by atoms with Gasteiger partial charge in [-0.1, -0.05) is 74.8 Å². The Balaban J connectivity index is 1.34. The van der Waals surface area contributed by atoms with Gasteiger partial charge in [0.05, 0.1) is 20.1 Å². The largest absolute Gasteiger partial charge is 0.492 e. The van der Waals surface area contributed by atoms with Crippen LogP contribution in [0.3, 0.4) is 0 Å². The molecular weight excluding hydrogens is 652 g/mol. The molecule has 10 heteroatoms. The smallest absolute Gasteiger partial charge is 0.256 e. The minimum Gasteiger partial charge on any atom is -0.492 e. The minimum atomic E-state index is -1.03. The lowest BCUT2D eigenvalue weighted by molar-refractivity contribution is -0.138. The first kappa shape index (κ1) is 37.6. The number of amides is 2. The van der Waals surface area contributed by atoms with Gasteiger partial charge in [-0.15, -0.1) is 0 Å². The summed E-state index contributed by atoms with van der Waals surface area (Å²) in [6.07, 6.45) is 2.76. The van der Waals surface area contributed by atoms with Gasteiger partial charge in [0.15, 0.2) is 11.5 Å². The molecule has 2 heterocycles. The zero-order valence-electron chi connectivity index (χ0n) is 29.9. The van der Waals surface area contributed by atoms with Gasteiger partial charge in [-0.25, -0.2) is 0 Å². The highest BCUT2D eigenvalue weighted by atomic mass is 35.5. The Hall–Kier alpha value is -3.63. The van der Waals surface area contributed by atoms with Gasteiger partial charge in [0.1, 0.15) is 12.2 Å². The molecule has 1 saturated heterocycles. The second-order valence-corrected chi connectivity index (χ2v) is 14.8. The third-order valence-electron chi connectivity index (χ3n) is 9.03. The first-order valence-electron chi connectivity index (χ1n) is 17.9. The molecule has 50 heavy (non-hydrogen) atoms. The molecule has 0 saturated carbocycles. The molecule has 0 aliphatic carbocycles. The summed E-state index contributed by atoms with van der Waals surface area (Å²) < 4.78 is 19.0. The van der Waals surface area contributed by atoms with Crippen molar-refractivity contribution in [2.75, 3.05) is 51.3 Å². The van der Waals surface area contributed by atoms with Crippen LogP contribution in [0, 0.1) is 5.41 Å². The molecule has 2 unspecified atom stereocenters. The molecule has 2 aliphatic heterocycles. The fourth-order valence-electron chi connectivity index (χ4n) is 6.64. The molecule has 3 N–H and O–H groups in total. The summed E-state index contributed by atoms with van der Waals surface area (Å²) in [6, 6.07) is 21.8. The van der Waals surface area contributed by atoms with E-state index in [1.807, 2.05) is 36.4 Å². The first-order valence-corrected chi connectivity index (χ1v) is 18.3. The van der Waals surface area contributed by atoms with E-state index in [9.17, 15) is 9.59 Å². The van der Waals surface area contributed by atoms with Crippen molar-refractivity contribution in [3.05, 3.63) is 88.4 Å². The molecule has 3 aromatic rings. The zero-order valence-corrected chi connectivity index (χ0v) is 30.7. The monoisotopic (exact) mass is 704 g/mol.